The zero-order valence-electron chi connectivity index (χ0n) is 15.5. The molecular formula is C20H22N2O4S. The lowest BCUT2D eigenvalue weighted by Crippen LogP contribution is -2.36. The van der Waals surface area contributed by atoms with Gasteiger partial charge in [-0.15, -0.1) is 11.3 Å². The first-order chi connectivity index (χ1) is 12.9. The van der Waals surface area contributed by atoms with Gasteiger partial charge < -0.3 is 19.6 Å². The van der Waals surface area contributed by atoms with E-state index in [0.717, 1.165) is 5.56 Å². The summed E-state index contributed by atoms with van der Waals surface area (Å²) in [6.45, 7) is 0.999. The highest BCUT2D eigenvalue weighted by Crippen LogP contribution is 2.40. The highest BCUT2D eigenvalue weighted by atomic mass is 32.1. The second-order valence-corrected chi connectivity index (χ2v) is 7.50. The Bertz CT molecular complexity index is 874. The van der Waals surface area contributed by atoms with Gasteiger partial charge in [-0.2, -0.15) is 0 Å². The van der Waals surface area contributed by atoms with Crippen molar-refractivity contribution in [3.05, 3.63) is 63.6 Å². The number of hydrogen-bond donors (Lipinski definition) is 1. The third-order valence-electron chi connectivity index (χ3n) is 4.49. The van der Waals surface area contributed by atoms with Crippen LogP contribution in [0.25, 0.3) is 0 Å². The fraction of sp³-hybridized carbons (Fsp3) is 0.300. The molecule has 0 saturated carbocycles. The van der Waals surface area contributed by atoms with Crippen LogP contribution >= 0.6 is 11.3 Å². The van der Waals surface area contributed by atoms with Gasteiger partial charge in [0.2, 0.25) is 5.78 Å². The summed E-state index contributed by atoms with van der Waals surface area (Å²) >= 11 is 1.29. The van der Waals surface area contributed by atoms with Gasteiger partial charge >= 0.3 is 0 Å². The molecule has 3 rings (SSSR count). The smallest absolute Gasteiger partial charge is 0.290 e. The van der Waals surface area contributed by atoms with Crippen molar-refractivity contribution in [3.8, 4) is 5.75 Å². The molecule has 27 heavy (non-hydrogen) atoms. The summed E-state index contributed by atoms with van der Waals surface area (Å²) in [5, 5.41) is 12.3. The second kappa shape index (κ2) is 7.94. The highest BCUT2D eigenvalue weighted by Gasteiger charge is 2.43. The number of aliphatic hydroxyl groups excluding tert-OH is 1. The molecule has 0 unspecified atom stereocenters. The van der Waals surface area contributed by atoms with Crippen LogP contribution in [-0.4, -0.2) is 60.9 Å². The Hall–Kier alpha value is -2.64. The Labute approximate surface area is 162 Å². The Balaban J connectivity index is 2.07. The third kappa shape index (κ3) is 3.74. The van der Waals surface area contributed by atoms with E-state index < -0.39 is 17.7 Å². The van der Waals surface area contributed by atoms with Crippen LogP contribution in [0.5, 0.6) is 5.75 Å². The first kappa shape index (κ1) is 19.1. The van der Waals surface area contributed by atoms with Gasteiger partial charge in [-0.1, -0.05) is 18.2 Å². The predicted molar refractivity (Wildman–Crippen MR) is 104 cm³/mol. The van der Waals surface area contributed by atoms with Gasteiger partial charge in [0, 0.05) is 13.1 Å². The summed E-state index contributed by atoms with van der Waals surface area (Å²) < 4.78 is 5.30. The van der Waals surface area contributed by atoms with Crippen LogP contribution in [0.3, 0.4) is 0 Å². The van der Waals surface area contributed by atoms with Crippen molar-refractivity contribution in [1.29, 1.82) is 0 Å². The van der Waals surface area contributed by atoms with Gasteiger partial charge in [-0.05, 0) is 43.2 Å². The van der Waals surface area contributed by atoms with Crippen molar-refractivity contribution >= 4 is 23.0 Å². The summed E-state index contributed by atoms with van der Waals surface area (Å²) in [7, 11) is 5.38. The summed E-state index contributed by atoms with van der Waals surface area (Å²) in [4.78, 5) is 29.8. The van der Waals surface area contributed by atoms with Crippen molar-refractivity contribution in [2.75, 3.05) is 34.3 Å². The van der Waals surface area contributed by atoms with E-state index in [-0.39, 0.29) is 11.4 Å². The van der Waals surface area contributed by atoms with Crippen molar-refractivity contribution in [2.24, 2.45) is 0 Å². The van der Waals surface area contributed by atoms with Crippen LogP contribution in [0.1, 0.15) is 21.3 Å². The molecule has 0 fully saturated rings. The number of carbonyl (C=O) groups excluding carboxylic acids is 2. The lowest BCUT2D eigenvalue weighted by atomic mass is 9.95. The maximum Gasteiger partial charge on any atom is 0.290 e. The van der Waals surface area contributed by atoms with Gasteiger partial charge in [0.1, 0.15) is 5.75 Å². The predicted octanol–water partition coefficient (Wildman–Crippen LogP) is 2.90. The maximum atomic E-state index is 13.1. The molecule has 142 valence electrons. The van der Waals surface area contributed by atoms with Gasteiger partial charge in [-0.3, -0.25) is 9.59 Å². The largest absolute Gasteiger partial charge is 0.503 e. The number of methoxy groups -OCH3 is 1. The lowest BCUT2D eigenvalue weighted by Gasteiger charge is -2.28. The molecule has 0 saturated heterocycles. The minimum absolute atomic E-state index is 0.120. The van der Waals surface area contributed by atoms with E-state index in [0.29, 0.717) is 23.7 Å². The fourth-order valence-electron chi connectivity index (χ4n) is 3.12. The number of benzene rings is 1. The van der Waals surface area contributed by atoms with Crippen LogP contribution in [0.4, 0.5) is 0 Å². The van der Waals surface area contributed by atoms with Crippen molar-refractivity contribution in [2.45, 2.75) is 6.04 Å². The van der Waals surface area contributed by atoms with Gasteiger partial charge in [0.15, 0.2) is 5.76 Å². The molecule has 7 heteroatoms. The molecule has 0 aliphatic carbocycles. The molecule has 1 aliphatic rings. The number of amides is 1. The molecular weight excluding hydrogens is 364 g/mol. The molecule has 1 amide bonds. The topological polar surface area (TPSA) is 70.1 Å². The number of rotatable bonds is 7. The van der Waals surface area contributed by atoms with Gasteiger partial charge in [-0.25, -0.2) is 0 Å². The van der Waals surface area contributed by atoms with Crippen molar-refractivity contribution in [1.82, 2.24) is 9.80 Å². The number of Topliss-reactive ketones (excluding diaryl/α,β-unsaturated/α-hetero) is 1. The van der Waals surface area contributed by atoms with Gasteiger partial charge in [0.25, 0.3) is 5.91 Å². The van der Waals surface area contributed by atoms with Crippen LogP contribution in [0, 0.1) is 0 Å². The second-order valence-electron chi connectivity index (χ2n) is 6.55. The molecule has 1 aromatic heterocycles. The number of aliphatic hydroxyl groups is 1. The summed E-state index contributed by atoms with van der Waals surface area (Å²) in [6.07, 6.45) is 0. The minimum atomic E-state index is -0.651. The Morgan fingerprint density at radius 1 is 1.30 bits per heavy atom. The SMILES string of the molecule is COc1cccc([C@@H]2C(C(=O)c3cccs3)=C(O)C(=O)N2CCN(C)C)c1. The van der Waals surface area contributed by atoms with E-state index in [2.05, 4.69) is 0 Å². The molecule has 2 heterocycles. The summed E-state index contributed by atoms with van der Waals surface area (Å²) in [5.74, 6) is -0.692. The number of thiophene rings is 1. The Morgan fingerprint density at radius 2 is 2.07 bits per heavy atom. The third-order valence-corrected chi connectivity index (χ3v) is 5.36. The van der Waals surface area contributed by atoms with Crippen molar-refractivity contribution in [3.63, 3.8) is 0 Å². The zero-order chi connectivity index (χ0) is 19.6. The average molecular weight is 386 g/mol. The molecule has 1 atom stereocenters. The number of hydrogen-bond acceptors (Lipinski definition) is 6. The number of carbonyl (C=O) groups is 2. The van der Waals surface area contributed by atoms with Crippen molar-refractivity contribution < 1.29 is 19.4 Å². The standard InChI is InChI=1S/C20H22N2O4S/c1-21(2)9-10-22-17(13-6-4-7-14(12-13)26-3)16(19(24)20(22)25)18(23)15-8-5-11-27-15/h4-8,11-12,17,24H,9-10H2,1-3H3/t17-/m1/s1. The average Bonchev–Trinajstić information content (AvgIpc) is 3.28. The number of ketones is 1. The number of nitrogens with zero attached hydrogens (tertiary/aromatic N) is 2. The molecule has 1 N–H and O–H groups in total. The van der Waals surface area contributed by atoms with E-state index >= 15 is 0 Å². The Morgan fingerprint density at radius 3 is 2.70 bits per heavy atom. The van der Waals surface area contributed by atoms with Crippen LogP contribution in [0.2, 0.25) is 0 Å². The monoisotopic (exact) mass is 386 g/mol. The van der Waals surface area contributed by atoms with E-state index in [4.69, 9.17) is 4.74 Å². The van der Waals surface area contributed by atoms with Gasteiger partial charge in [0.05, 0.1) is 23.6 Å². The number of likely N-dealkylation sites (N-methyl/N-ethyl adjacent to an activating group) is 1. The molecule has 0 radical (unpaired) electrons. The van der Waals surface area contributed by atoms with E-state index in [1.54, 1.807) is 41.7 Å². The maximum absolute atomic E-state index is 13.1. The lowest BCUT2D eigenvalue weighted by molar-refractivity contribution is -0.129. The normalized spacial score (nSPS) is 17.1. The summed E-state index contributed by atoms with van der Waals surface area (Å²) in [5.41, 5.74) is 0.847. The molecule has 6 nitrogen and oxygen atoms in total. The molecule has 0 spiro atoms. The molecule has 2 aromatic rings. The highest BCUT2D eigenvalue weighted by molar-refractivity contribution is 7.12. The fourth-order valence-corrected chi connectivity index (χ4v) is 3.80. The Kier molecular flexibility index (Phi) is 5.62. The van der Waals surface area contributed by atoms with Crippen LogP contribution in [-0.2, 0) is 4.79 Å². The van der Waals surface area contributed by atoms with Crippen LogP contribution in [0.15, 0.2) is 53.1 Å². The molecule has 1 aromatic carbocycles. The number of ether oxygens (including phenoxy) is 1. The first-order valence-electron chi connectivity index (χ1n) is 8.55. The van der Waals surface area contributed by atoms with E-state index in [9.17, 15) is 14.7 Å². The molecule has 0 bridgehead atoms. The quantitative estimate of drug-likeness (QED) is 0.741. The summed E-state index contributed by atoms with van der Waals surface area (Å²) in [6, 6.07) is 10.1. The van der Waals surface area contributed by atoms with E-state index in [1.807, 2.05) is 31.1 Å². The minimum Gasteiger partial charge on any atom is -0.503 e. The van der Waals surface area contributed by atoms with Crippen LogP contribution < -0.4 is 4.74 Å². The first-order valence-corrected chi connectivity index (χ1v) is 9.43. The zero-order valence-corrected chi connectivity index (χ0v) is 16.3. The van der Waals surface area contributed by atoms with E-state index in [1.165, 1.54) is 11.3 Å². The molecule has 1 aliphatic heterocycles.